The van der Waals surface area contributed by atoms with Crippen LogP contribution in [0.15, 0.2) is 53.1 Å². The van der Waals surface area contributed by atoms with E-state index in [1.807, 2.05) is 0 Å². The van der Waals surface area contributed by atoms with Crippen molar-refractivity contribution in [2.24, 2.45) is 0 Å². The Kier molecular flexibility index (Phi) is 6.25. The first-order valence-electron chi connectivity index (χ1n) is 7.86. The Bertz CT molecular complexity index is 993. The largest absolute Gasteiger partial charge is 0.434 e. The van der Waals surface area contributed by atoms with Crippen LogP contribution in [-0.4, -0.2) is 22.3 Å². The molecule has 3 rings (SSSR count). The standard InChI is InChI=1S/C18H12BrClF3N3O2/c19-12-9-26(8-11-13(20)5-3-6-14(11)21)25-16(12)24-17(27)10-4-1-2-7-15(10)28-18(22)23/h1-7,9,18H,8H2,(H,24,25,27). The predicted octanol–water partition coefficient (Wildman–Crippen LogP) is 5.34. The van der Waals surface area contributed by atoms with Gasteiger partial charge in [-0.1, -0.05) is 29.8 Å². The second-order valence-corrected chi connectivity index (χ2v) is 6.81. The zero-order valence-corrected chi connectivity index (χ0v) is 16.3. The van der Waals surface area contributed by atoms with Crippen LogP contribution in [0.25, 0.3) is 0 Å². The lowest BCUT2D eigenvalue weighted by atomic mass is 10.2. The molecule has 0 saturated carbocycles. The predicted molar refractivity (Wildman–Crippen MR) is 101 cm³/mol. The monoisotopic (exact) mass is 473 g/mol. The van der Waals surface area contributed by atoms with Crippen LogP contribution in [0.4, 0.5) is 19.0 Å². The maximum absolute atomic E-state index is 13.9. The number of ether oxygens (including phenoxy) is 1. The van der Waals surface area contributed by atoms with E-state index in [0.717, 1.165) is 0 Å². The number of anilines is 1. The van der Waals surface area contributed by atoms with Gasteiger partial charge in [0.2, 0.25) is 0 Å². The number of nitrogens with zero attached hydrogens (tertiary/aromatic N) is 2. The van der Waals surface area contributed by atoms with Crippen molar-refractivity contribution >= 4 is 39.3 Å². The lowest BCUT2D eigenvalue weighted by molar-refractivity contribution is -0.0501. The molecular weight excluding hydrogens is 463 g/mol. The van der Waals surface area contributed by atoms with Gasteiger partial charge in [0.15, 0.2) is 5.82 Å². The molecule has 28 heavy (non-hydrogen) atoms. The van der Waals surface area contributed by atoms with Crippen molar-refractivity contribution in [3.8, 4) is 5.75 Å². The zero-order valence-electron chi connectivity index (χ0n) is 14.0. The molecule has 0 aliphatic carbocycles. The van der Waals surface area contributed by atoms with E-state index in [1.54, 1.807) is 6.07 Å². The molecule has 0 saturated heterocycles. The maximum atomic E-state index is 13.9. The van der Waals surface area contributed by atoms with Gasteiger partial charge in [0.05, 0.1) is 16.6 Å². The highest BCUT2D eigenvalue weighted by atomic mass is 79.9. The molecule has 1 aromatic heterocycles. The van der Waals surface area contributed by atoms with Crippen molar-refractivity contribution in [3.63, 3.8) is 0 Å². The topological polar surface area (TPSA) is 56.2 Å². The third-order valence-corrected chi connectivity index (χ3v) is 4.61. The number of aromatic nitrogens is 2. The fourth-order valence-electron chi connectivity index (χ4n) is 2.44. The summed E-state index contributed by atoms with van der Waals surface area (Å²) < 4.78 is 45.1. The molecule has 0 aliphatic heterocycles. The van der Waals surface area contributed by atoms with Crippen LogP contribution < -0.4 is 10.1 Å². The second kappa shape index (κ2) is 8.66. The summed E-state index contributed by atoms with van der Waals surface area (Å²) >= 11 is 9.26. The van der Waals surface area contributed by atoms with Crippen LogP contribution in [0.3, 0.4) is 0 Å². The molecule has 2 aromatic carbocycles. The summed E-state index contributed by atoms with van der Waals surface area (Å²) in [5, 5.41) is 6.92. The summed E-state index contributed by atoms with van der Waals surface area (Å²) in [7, 11) is 0. The van der Waals surface area contributed by atoms with E-state index in [-0.39, 0.29) is 34.3 Å². The second-order valence-electron chi connectivity index (χ2n) is 5.55. The van der Waals surface area contributed by atoms with E-state index < -0.39 is 18.3 Å². The minimum atomic E-state index is -3.06. The van der Waals surface area contributed by atoms with Crippen LogP contribution in [0, 0.1) is 5.82 Å². The summed E-state index contributed by atoms with van der Waals surface area (Å²) in [4.78, 5) is 12.5. The summed E-state index contributed by atoms with van der Waals surface area (Å²) in [5.74, 6) is -1.30. The molecule has 0 fully saturated rings. The van der Waals surface area contributed by atoms with E-state index in [0.29, 0.717) is 4.47 Å². The Morgan fingerprint density at radius 3 is 2.71 bits per heavy atom. The number of halogens is 5. The molecule has 0 atom stereocenters. The van der Waals surface area contributed by atoms with Crippen molar-refractivity contribution in [2.45, 2.75) is 13.2 Å². The maximum Gasteiger partial charge on any atom is 0.387 e. The van der Waals surface area contributed by atoms with Crippen molar-refractivity contribution in [1.82, 2.24) is 9.78 Å². The number of carbonyl (C=O) groups is 1. The number of amides is 1. The van der Waals surface area contributed by atoms with Crippen LogP contribution >= 0.6 is 27.5 Å². The number of rotatable bonds is 6. The molecule has 3 aromatic rings. The molecule has 0 unspecified atom stereocenters. The molecule has 0 aliphatic rings. The lowest BCUT2D eigenvalue weighted by Gasteiger charge is -2.10. The van der Waals surface area contributed by atoms with Crippen LogP contribution in [0.2, 0.25) is 5.02 Å². The quantitative estimate of drug-likeness (QED) is 0.525. The van der Waals surface area contributed by atoms with Crippen molar-refractivity contribution in [3.05, 3.63) is 75.1 Å². The Balaban J connectivity index is 1.80. The van der Waals surface area contributed by atoms with Crippen LogP contribution in [0.1, 0.15) is 15.9 Å². The molecule has 10 heteroatoms. The summed E-state index contributed by atoms with van der Waals surface area (Å²) in [6.07, 6.45) is 1.53. The first kappa shape index (κ1) is 20.2. The number of hydrogen-bond donors (Lipinski definition) is 1. The molecular formula is C18H12BrClF3N3O2. The normalized spacial score (nSPS) is 10.9. The Morgan fingerprint density at radius 1 is 1.25 bits per heavy atom. The van der Waals surface area contributed by atoms with E-state index in [1.165, 1.54) is 47.3 Å². The lowest BCUT2D eigenvalue weighted by Crippen LogP contribution is -2.16. The third kappa shape index (κ3) is 4.66. The first-order chi connectivity index (χ1) is 13.3. The smallest absolute Gasteiger partial charge is 0.387 e. The Labute approximate surface area is 171 Å². The van der Waals surface area contributed by atoms with E-state index >= 15 is 0 Å². The molecule has 146 valence electrons. The number of para-hydroxylation sites is 1. The molecule has 0 bridgehead atoms. The summed E-state index contributed by atoms with van der Waals surface area (Å²) in [6.45, 7) is -3.03. The first-order valence-corrected chi connectivity index (χ1v) is 9.03. The van der Waals surface area contributed by atoms with Gasteiger partial charge in [-0.05, 0) is 40.2 Å². The summed E-state index contributed by atoms with van der Waals surface area (Å²) in [5.41, 5.74) is 0.161. The van der Waals surface area contributed by atoms with E-state index in [4.69, 9.17) is 11.6 Å². The average molecular weight is 475 g/mol. The van der Waals surface area contributed by atoms with Crippen LogP contribution in [0.5, 0.6) is 5.75 Å². The number of alkyl halides is 2. The van der Waals surface area contributed by atoms with Crippen molar-refractivity contribution in [1.29, 1.82) is 0 Å². The summed E-state index contributed by atoms with van der Waals surface area (Å²) in [6, 6.07) is 9.92. The minimum Gasteiger partial charge on any atom is -0.434 e. The molecule has 5 nitrogen and oxygen atoms in total. The third-order valence-electron chi connectivity index (χ3n) is 3.68. The van der Waals surface area contributed by atoms with Gasteiger partial charge in [-0.2, -0.15) is 13.9 Å². The van der Waals surface area contributed by atoms with Gasteiger partial charge < -0.3 is 10.1 Å². The molecule has 1 N–H and O–H groups in total. The van der Waals surface area contributed by atoms with Gasteiger partial charge >= 0.3 is 6.61 Å². The highest BCUT2D eigenvalue weighted by Gasteiger charge is 2.18. The van der Waals surface area contributed by atoms with Gasteiger partial charge in [0.25, 0.3) is 5.91 Å². The molecule has 1 amide bonds. The Morgan fingerprint density at radius 2 is 2.00 bits per heavy atom. The van der Waals surface area contributed by atoms with Gasteiger partial charge in [0.1, 0.15) is 11.6 Å². The van der Waals surface area contributed by atoms with Crippen molar-refractivity contribution in [2.75, 3.05) is 5.32 Å². The van der Waals surface area contributed by atoms with E-state index in [9.17, 15) is 18.0 Å². The minimum absolute atomic E-state index is 0.0328. The fraction of sp³-hybridized carbons (Fsp3) is 0.111. The molecule has 1 heterocycles. The number of nitrogens with one attached hydrogen (secondary N) is 1. The average Bonchev–Trinajstić information content (AvgIpc) is 2.97. The van der Waals surface area contributed by atoms with Gasteiger partial charge in [0, 0.05) is 16.8 Å². The molecule has 0 spiro atoms. The van der Waals surface area contributed by atoms with E-state index in [2.05, 4.69) is 31.1 Å². The molecule has 0 radical (unpaired) electrons. The SMILES string of the molecule is O=C(Nc1nn(Cc2c(F)cccc2Cl)cc1Br)c1ccccc1OC(F)F. The number of carbonyl (C=O) groups excluding carboxylic acids is 1. The van der Waals surface area contributed by atoms with Crippen molar-refractivity contribution < 1.29 is 22.7 Å². The number of benzene rings is 2. The zero-order chi connectivity index (χ0) is 20.3. The van der Waals surface area contributed by atoms with Gasteiger partial charge in [-0.25, -0.2) is 4.39 Å². The fourth-order valence-corrected chi connectivity index (χ4v) is 3.07. The highest BCUT2D eigenvalue weighted by molar-refractivity contribution is 9.10. The number of hydrogen-bond acceptors (Lipinski definition) is 3. The highest BCUT2D eigenvalue weighted by Crippen LogP contribution is 2.26. The van der Waals surface area contributed by atoms with Crippen LogP contribution in [-0.2, 0) is 6.54 Å². The Hall–Kier alpha value is -2.52. The van der Waals surface area contributed by atoms with Gasteiger partial charge in [-0.15, -0.1) is 0 Å². The van der Waals surface area contributed by atoms with Gasteiger partial charge in [-0.3, -0.25) is 9.48 Å².